The number of unbranched alkanes of at least 4 members (excludes halogenated alkanes) is 12. The second-order valence-electron chi connectivity index (χ2n) is 6.60. The molecule has 0 unspecified atom stereocenters. The summed E-state index contributed by atoms with van der Waals surface area (Å²) in [5.74, 6) is 0.897. The topological polar surface area (TPSA) is 17.1 Å². The van der Waals surface area contributed by atoms with Crippen LogP contribution in [0.2, 0.25) is 0 Å². The molecule has 0 N–H and O–H groups in total. The van der Waals surface area contributed by atoms with Crippen molar-refractivity contribution in [3.63, 3.8) is 0 Å². The van der Waals surface area contributed by atoms with Gasteiger partial charge < -0.3 is 26.6 Å². The van der Waals surface area contributed by atoms with Crippen LogP contribution in [0.15, 0.2) is 12.7 Å². The van der Waals surface area contributed by atoms with E-state index in [4.69, 9.17) is 4.79 Å². The van der Waals surface area contributed by atoms with Crippen LogP contribution in [0.3, 0.4) is 0 Å². The van der Waals surface area contributed by atoms with E-state index in [2.05, 4.69) is 27.4 Å². The molecule has 148 valence electrons. The predicted molar refractivity (Wildman–Crippen MR) is 114 cm³/mol. The summed E-state index contributed by atoms with van der Waals surface area (Å²) in [6.45, 7) is 11.6. The van der Waals surface area contributed by atoms with Crippen molar-refractivity contribution in [3.05, 3.63) is 34.4 Å². The number of hydrogen-bond donors (Lipinski definition) is 0. The number of hydrogen-bond acceptors (Lipinski definition) is 1. The monoisotopic (exact) mass is 386 g/mol. The van der Waals surface area contributed by atoms with Gasteiger partial charge in [0.1, 0.15) is 0 Å². The molecule has 25 heavy (non-hydrogen) atoms. The number of rotatable bonds is 15. The van der Waals surface area contributed by atoms with E-state index < -0.39 is 0 Å². The molecular formula is C23H46OTi. The maximum atomic E-state index is 8.93. The Hall–Kier alpha value is 0.124. The maximum Gasteiger partial charge on any atom is 4.00 e. The molecule has 0 radical (unpaired) electrons. The Morgan fingerprint density at radius 1 is 0.800 bits per heavy atom. The molecule has 0 aromatic heterocycles. The summed E-state index contributed by atoms with van der Waals surface area (Å²) in [5.41, 5.74) is 0. The molecule has 0 bridgehead atoms. The molecule has 0 aliphatic rings. The Morgan fingerprint density at radius 3 is 1.32 bits per heavy atom. The van der Waals surface area contributed by atoms with Crippen LogP contribution in [0, 0.1) is 27.7 Å². The van der Waals surface area contributed by atoms with Gasteiger partial charge in [-0.3, -0.25) is 0 Å². The molecule has 0 saturated heterocycles. The first-order chi connectivity index (χ1) is 10.7. The first kappa shape index (κ1) is 36.1. The van der Waals surface area contributed by atoms with Gasteiger partial charge in [0, 0.05) is 0 Å². The molecule has 0 heterocycles. The van der Waals surface area contributed by atoms with Crippen LogP contribution in [-0.4, -0.2) is 6.29 Å². The van der Waals surface area contributed by atoms with Crippen molar-refractivity contribution in [3.8, 4) is 0 Å². The SMILES string of the molecule is C=C[C-]=O.[CH2-]CCCCCCCCCCCCCCC(C)C.[CH3-].[CH3-].[Ti+4]. The molecule has 0 aromatic rings. The minimum absolute atomic E-state index is 0. The quantitative estimate of drug-likeness (QED) is 0.120. The van der Waals surface area contributed by atoms with E-state index in [1.54, 1.807) is 0 Å². The van der Waals surface area contributed by atoms with Gasteiger partial charge in [-0.05, 0) is 12.2 Å². The van der Waals surface area contributed by atoms with Crippen LogP contribution in [0.4, 0.5) is 0 Å². The summed E-state index contributed by atoms with van der Waals surface area (Å²) < 4.78 is 0. The van der Waals surface area contributed by atoms with E-state index in [1.165, 1.54) is 89.8 Å². The van der Waals surface area contributed by atoms with Crippen LogP contribution in [0.5, 0.6) is 0 Å². The van der Waals surface area contributed by atoms with E-state index in [0.717, 1.165) is 18.4 Å². The van der Waals surface area contributed by atoms with Gasteiger partial charge in [0.2, 0.25) is 0 Å². The fourth-order valence-corrected chi connectivity index (χ4v) is 2.50. The molecule has 0 fully saturated rings. The van der Waals surface area contributed by atoms with Crippen molar-refractivity contribution in [1.29, 1.82) is 0 Å². The van der Waals surface area contributed by atoms with Crippen molar-refractivity contribution in [2.45, 2.75) is 104 Å². The minimum Gasteiger partial charge on any atom is -0.419 e. The van der Waals surface area contributed by atoms with Gasteiger partial charge in [-0.1, -0.05) is 97.3 Å². The minimum atomic E-state index is 0. The zero-order valence-electron chi connectivity index (χ0n) is 17.9. The molecule has 0 saturated carbocycles. The summed E-state index contributed by atoms with van der Waals surface area (Å²) in [5, 5.41) is 0. The van der Waals surface area contributed by atoms with E-state index >= 15 is 0 Å². The van der Waals surface area contributed by atoms with E-state index in [9.17, 15) is 0 Å². The van der Waals surface area contributed by atoms with Crippen LogP contribution in [0.25, 0.3) is 0 Å². The third kappa shape index (κ3) is 45.4. The Kier molecular flexibility index (Phi) is 50.9. The Morgan fingerprint density at radius 2 is 1.08 bits per heavy atom. The third-order valence-electron chi connectivity index (χ3n) is 3.86. The molecule has 1 nitrogen and oxygen atoms in total. The first-order valence-corrected chi connectivity index (χ1v) is 9.46. The Labute approximate surface area is 176 Å². The van der Waals surface area contributed by atoms with Crippen LogP contribution in [-0.2, 0) is 26.5 Å². The van der Waals surface area contributed by atoms with Gasteiger partial charge in [-0.25, -0.2) is 12.7 Å². The molecule has 0 spiro atoms. The van der Waals surface area contributed by atoms with E-state index in [-0.39, 0.29) is 36.6 Å². The number of carbonyl (C=O) groups excluding carboxylic acids is 1. The van der Waals surface area contributed by atoms with Gasteiger partial charge in [-0.15, -0.1) is 0 Å². The summed E-state index contributed by atoms with van der Waals surface area (Å²) in [6, 6.07) is 0. The van der Waals surface area contributed by atoms with Gasteiger partial charge in [0.05, 0.1) is 0 Å². The zero-order chi connectivity index (χ0) is 16.9. The predicted octanol–water partition coefficient (Wildman–Crippen LogP) is 8.12. The van der Waals surface area contributed by atoms with Crippen LogP contribution >= 0.6 is 0 Å². The molecule has 2 heteroatoms. The first-order valence-electron chi connectivity index (χ1n) is 9.46. The van der Waals surface area contributed by atoms with Crippen LogP contribution in [0.1, 0.15) is 104 Å². The summed E-state index contributed by atoms with van der Waals surface area (Å²) in [6.07, 6.45) is 22.4. The molecule has 0 rings (SSSR count). The fourth-order valence-electron chi connectivity index (χ4n) is 2.50. The molecule has 0 aliphatic heterocycles. The number of allylic oxidation sites excluding steroid dienone is 1. The summed E-state index contributed by atoms with van der Waals surface area (Å²) >= 11 is 0. The van der Waals surface area contributed by atoms with Gasteiger partial charge >= 0.3 is 21.7 Å². The summed E-state index contributed by atoms with van der Waals surface area (Å²) in [7, 11) is 0. The average Bonchev–Trinajstić information content (AvgIpc) is 2.52. The Bertz CT molecular complexity index is 208. The van der Waals surface area contributed by atoms with Gasteiger partial charge in [-0.2, -0.15) is 6.42 Å². The largest absolute Gasteiger partial charge is 4.00 e. The van der Waals surface area contributed by atoms with Gasteiger partial charge in [0.15, 0.2) is 0 Å². The van der Waals surface area contributed by atoms with Crippen molar-refractivity contribution in [1.82, 2.24) is 0 Å². The standard InChI is InChI=1S/C18H37.C3H3O.2CH3.Ti/c1-4-5-6-7-8-9-10-11-12-13-14-15-16-17-18(2)3;1-2-3-4;;;/h18H,1,4-17H2,2-3H3;2H,1H2;2*1H3;/q4*-1;+4. The fraction of sp³-hybridized carbons (Fsp3) is 0.739. The second-order valence-corrected chi connectivity index (χ2v) is 6.60. The van der Waals surface area contributed by atoms with Crippen molar-refractivity contribution < 1.29 is 26.5 Å². The third-order valence-corrected chi connectivity index (χ3v) is 3.86. The van der Waals surface area contributed by atoms with Gasteiger partial charge in [0.25, 0.3) is 0 Å². The van der Waals surface area contributed by atoms with E-state index in [0.29, 0.717) is 0 Å². The molecule has 0 aromatic carbocycles. The average molecular weight is 386 g/mol. The summed E-state index contributed by atoms with van der Waals surface area (Å²) in [4.78, 5) is 8.93. The van der Waals surface area contributed by atoms with Crippen molar-refractivity contribution in [2.24, 2.45) is 5.92 Å². The van der Waals surface area contributed by atoms with Crippen molar-refractivity contribution >= 4 is 6.29 Å². The van der Waals surface area contributed by atoms with E-state index in [1.807, 2.05) is 0 Å². The maximum absolute atomic E-state index is 8.93. The zero-order valence-corrected chi connectivity index (χ0v) is 19.4. The molecule has 0 atom stereocenters. The smallest absolute Gasteiger partial charge is 0.419 e. The van der Waals surface area contributed by atoms with Crippen molar-refractivity contribution in [2.75, 3.05) is 0 Å². The van der Waals surface area contributed by atoms with Crippen LogP contribution < -0.4 is 0 Å². The molecule has 0 aliphatic carbocycles. The molecular weight excluding hydrogens is 340 g/mol. The second kappa shape index (κ2) is 35.3. The Balaban J connectivity index is -0.000000171. The molecule has 0 amide bonds. The normalized spacial score (nSPS) is 8.96.